The van der Waals surface area contributed by atoms with Crippen LogP contribution in [0.15, 0.2) is 18.2 Å². The van der Waals surface area contributed by atoms with Gasteiger partial charge in [0.25, 0.3) is 5.91 Å². The zero-order valence-corrected chi connectivity index (χ0v) is 15.3. The molecule has 1 amide bonds. The zero-order chi connectivity index (χ0) is 18.4. The fraction of sp³-hybridized carbons (Fsp3) is 0.579. The lowest BCUT2D eigenvalue weighted by Crippen LogP contribution is -2.45. The molecule has 1 saturated carbocycles. The summed E-state index contributed by atoms with van der Waals surface area (Å²) >= 11 is 0. The number of esters is 1. The standard InChI is InChI=1S/C19H27NO5/c1-12-7-5-6-8-17(12)20-18(21)13(2)25-19(22)14-9-15(23-3)11-16(10-14)24-4/h9-13,17H,5-8H2,1-4H3,(H,20,21)/t12-,13-,17-/m1/s1. The third-order valence-corrected chi connectivity index (χ3v) is 4.68. The number of methoxy groups -OCH3 is 2. The van der Waals surface area contributed by atoms with Crippen LogP contribution in [-0.4, -0.2) is 38.2 Å². The summed E-state index contributed by atoms with van der Waals surface area (Å²) in [6.45, 7) is 3.72. The first kappa shape index (κ1) is 19.1. The van der Waals surface area contributed by atoms with Crippen molar-refractivity contribution in [3.05, 3.63) is 23.8 Å². The smallest absolute Gasteiger partial charge is 0.339 e. The van der Waals surface area contributed by atoms with Crippen molar-refractivity contribution in [1.29, 1.82) is 0 Å². The molecule has 1 aromatic carbocycles. The van der Waals surface area contributed by atoms with E-state index in [1.165, 1.54) is 20.6 Å². The summed E-state index contributed by atoms with van der Waals surface area (Å²) in [4.78, 5) is 24.7. The maximum atomic E-state index is 12.3. The predicted octanol–water partition coefficient (Wildman–Crippen LogP) is 2.94. The monoisotopic (exact) mass is 349 g/mol. The number of benzene rings is 1. The first-order valence-corrected chi connectivity index (χ1v) is 8.69. The van der Waals surface area contributed by atoms with Crippen LogP contribution in [0.4, 0.5) is 0 Å². The van der Waals surface area contributed by atoms with Gasteiger partial charge in [-0.25, -0.2) is 4.79 Å². The van der Waals surface area contributed by atoms with Gasteiger partial charge in [0.15, 0.2) is 6.10 Å². The molecule has 25 heavy (non-hydrogen) atoms. The Morgan fingerprint density at radius 2 is 1.68 bits per heavy atom. The largest absolute Gasteiger partial charge is 0.497 e. The van der Waals surface area contributed by atoms with Gasteiger partial charge in [0.1, 0.15) is 11.5 Å². The number of carbonyl (C=O) groups excluding carboxylic acids is 2. The predicted molar refractivity (Wildman–Crippen MR) is 94.0 cm³/mol. The van der Waals surface area contributed by atoms with E-state index >= 15 is 0 Å². The highest BCUT2D eigenvalue weighted by Crippen LogP contribution is 2.25. The van der Waals surface area contributed by atoms with E-state index < -0.39 is 12.1 Å². The number of amides is 1. The van der Waals surface area contributed by atoms with Gasteiger partial charge in [-0.15, -0.1) is 0 Å². The van der Waals surface area contributed by atoms with Crippen molar-refractivity contribution < 1.29 is 23.8 Å². The van der Waals surface area contributed by atoms with Crippen LogP contribution in [0.5, 0.6) is 11.5 Å². The van der Waals surface area contributed by atoms with Gasteiger partial charge >= 0.3 is 5.97 Å². The molecule has 6 heteroatoms. The SMILES string of the molecule is COc1cc(OC)cc(C(=O)O[C@H](C)C(=O)N[C@@H]2CCCC[C@H]2C)c1. The number of hydrogen-bond acceptors (Lipinski definition) is 5. The van der Waals surface area contributed by atoms with Crippen molar-refractivity contribution in [3.8, 4) is 11.5 Å². The number of carbonyl (C=O) groups is 2. The first-order valence-electron chi connectivity index (χ1n) is 8.69. The fourth-order valence-electron chi connectivity index (χ4n) is 3.04. The van der Waals surface area contributed by atoms with E-state index in [-0.39, 0.29) is 17.5 Å². The molecular weight excluding hydrogens is 322 g/mol. The van der Waals surface area contributed by atoms with Crippen LogP contribution < -0.4 is 14.8 Å². The van der Waals surface area contributed by atoms with E-state index in [1.54, 1.807) is 25.1 Å². The van der Waals surface area contributed by atoms with E-state index in [0.29, 0.717) is 17.4 Å². The molecule has 1 fully saturated rings. The summed E-state index contributed by atoms with van der Waals surface area (Å²) < 4.78 is 15.6. The lowest BCUT2D eigenvalue weighted by molar-refractivity contribution is -0.130. The average Bonchev–Trinajstić information content (AvgIpc) is 2.62. The summed E-state index contributed by atoms with van der Waals surface area (Å²) in [5.74, 6) is 0.570. The number of nitrogens with one attached hydrogen (secondary N) is 1. The van der Waals surface area contributed by atoms with Crippen molar-refractivity contribution in [2.75, 3.05) is 14.2 Å². The molecule has 1 aromatic rings. The maximum Gasteiger partial charge on any atom is 0.339 e. The minimum atomic E-state index is -0.862. The number of ether oxygens (including phenoxy) is 3. The first-order chi connectivity index (χ1) is 11.9. The van der Waals surface area contributed by atoms with Gasteiger partial charge in [0.05, 0.1) is 19.8 Å². The third kappa shape index (κ3) is 5.11. The summed E-state index contributed by atoms with van der Waals surface area (Å²) in [6, 6.07) is 4.92. The Morgan fingerprint density at radius 3 is 2.24 bits per heavy atom. The fourth-order valence-corrected chi connectivity index (χ4v) is 3.04. The molecule has 0 radical (unpaired) electrons. The van der Waals surface area contributed by atoms with Crippen LogP contribution in [0.2, 0.25) is 0 Å². The van der Waals surface area contributed by atoms with Gasteiger partial charge < -0.3 is 19.5 Å². The maximum absolute atomic E-state index is 12.3. The topological polar surface area (TPSA) is 73.9 Å². The minimum Gasteiger partial charge on any atom is -0.497 e. The van der Waals surface area contributed by atoms with Crippen molar-refractivity contribution in [2.45, 2.75) is 51.7 Å². The van der Waals surface area contributed by atoms with Crippen molar-refractivity contribution in [3.63, 3.8) is 0 Å². The molecule has 0 bridgehead atoms. The highest BCUT2D eigenvalue weighted by atomic mass is 16.5. The van der Waals surface area contributed by atoms with Crippen LogP contribution >= 0.6 is 0 Å². The molecule has 1 aliphatic carbocycles. The molecule has 6 nitrogen and oxygen atoms in total. The summed E-state index contributed by atoms with van der Waals surface area (Å²) in [5, 5.41) is 3.00. The normalized spacial score (nSPS) is 21.1. The highest BCUT2D eigenvalue weighted by Gasteiger charge is 2.26. The molecule has 2 rings (SSSR count). The lowest BCUT2D eigenvalue weighted by atomic mass is 9.86. The molecule has 1 aliphatic rings. The Labute approximate surface area is 148 Å². The molecule has 3 atom stereocenters. The second kappa shape index (κ2) is 8.74. The quantitative estimate of drug-likeness (QED) is 0.799. The van der Waals surface area contributed by atoms with Crippen LogP contribution in [0.3, 0.4) is 0 Å². The van der Waals surface area contributed by atoms with E-state index in [1.807, 2.05) is 0 Å². The van der Waals surface area contributed by atoms with Crippen molar-refractivity contribution in [2.24, 2.45) is 5.92 Å². The molecule has 0 saturated heterocycles. The van der Waals surface area contributed by atoms with Gasteiger partial charge in [-0.1, -0.05) is 19.8 Å². The highest BCUT2D eigenvalue weighted by molar-refractivity contribution is 5.93. The van der Waals surface area contributed by atoms with Gasteiger partial charge in [0, 0.05) is 12.1 Å². The Morgan fingerprint density at radius 1 is 1.08 bits per heavy atom. The molecule has 0 aliphatic heterocycles. The Hall–Kier alpha value is -2.24. The van der Waals surface area contributed by atoms with Crippen molar-refractivity contribution >= 4 is 11.9 Å². The molecule has 0 aromatic heterocycles. The minimum absolute atomic E-state index is 0.152. The zero-order valence-electron chi connectivity index (χ0n) is 15.3. The van der Waals surface area contributed by atoms with Gasteiger partial charge in [-0.05, 0) is 37.8 Å². The van der Waals surface area contributed by atoms with Gasteiger partial charge in [-0.2, -0.15) is 0 Å². The second-order valence-corrected chi connectivity index (χ2v) is 6.53. The Balaban J connectivity index is 1.98. The molecule has 138 valence electrons. The number of hydrogen-bond donors (Lipinski definition) is 1. The van der Waals surface area contributed by atoms with E-state index in [0.717, 1.165) is 19.3 Å². The lowest BCUT2D eigenvalue weighted by Gasteiger charge is -2.30. The average molecular weight is 349 g/mol. The number of rotatable bonds is 6. The van der Waals surface area contributed by atoms with E-state index in [4.69, 9.17) is 14.2 Å². The molecule has 0 unspecified atom stereocenters. The van der Waals surface area contributed by atoms with Crippen LogP contribution in [-0.2, 0) is 9.53 Å². The molecule has 0 spiro atoms. The van der Waals surface area contributed by atoms with E-state index in [9.17, 15) is 9.59 Å². The summed E-state index contributed by atoms with van der Waals surface area (Å²) in [5.41, 5.74) is 0.280. The molecular formula is C19H27NO5. The summed E-state index contributed by atoms with van der Waals surface area (Å²) in [6.07, 6.45) is 3.55. The Kier molecular flexibility index (Phi) is 6.67. The van der Waals surface area contributed by atoms with Crippen LogP contribution in [0, 0.1) is 5.92 Å². The van der Waals surface area contributed by atoms with E-state index in [2.05, 4.69) is 12.2 Å². The van der Waals surface area contributed by atoms with Crippen LogP contribution in [0.1, 0.15) is 49.9 Å². The molecule has 1 N–H and O–H groups in total. The second-order valence-electron chi connectivity index (χ2n) is 6.53. The van der Waals surface area contributed by atoms with Crippen LogP contribution in [0.25, 0.3) is 0 Å². The Bertz CT molecular complexity index is 594. The van der Waals surface area contributed by atoms with Gasteiger partial charge in [0.2, 0.25) is 0 Å². The molecule has 0 heterocycles. The van der Waals surface area contributed by atoms with Gasteiger partial charge in [-0.3, -0.25) is 4.79 Å². The third-order valence-electron chi connectivity index (χ3n) is 4.68. The van der Waals surface area contributed by atoms with Crippen molar-refractivity contribution in [1.82, 2.24) is 5.32 Å². The summed E-state index contributed by atoms with van der Waals surface area (Å²) in [7, 11) is 3.01.